The molecule has 0 bridgehead atoms. The van der Waals surface area contributed by atoms with Crippen LogP contribution in [0.25, 0.3) is 0 Å². The van der Waals surface area contributed by atoms with E-state index < -0.39 is 0 Å². The summed E-state index contributed by atoms with van der Waals surface area (Å²) in [6.45, 7) is 1.41. The second-order valence-electron chi connectivity index (χ2n) is 7.09. The maximum atomic E-state index is 12.5. The van der Waals surface area contributed by atoms with Crippen molar-refractivity contribution in [3.63, 3.8) is 0 Å². The van der Waals surface area contributed by atoms with Gasteiger partial charge in [0.25, 0.3) is 0 Å². The van der Waals surface area contributed by atoms with Crippen LogP contribution >= 0.6 is 11.6 Å². The molecule has 1 saturated heterocycles. The molecule has 0 aliphatic carbocycles. The quantitative estimate of drug-likeness (QED) is 0.849. The lowest BCUT2D eigenvalue weighted by molar-refractivity contribution is -0.119. The van der Waals surface area contributed by atoms with Crippen molar-refractivity contribution in [3.05, 3.63) is 58.6 Å². The van der Waals surface area contributed by atoms with Gasteiger partial charge in [-0.3, -0.25) is 9.59 Å². The number of nitrogens with zero attached hydrogens (tertiary/aromatic N) is 1. The Morgan fingerprint density at radius 3 is 2.74 bits per heavy atom. The maximum absolute atomic E-state index is 12.5. The summed E-state index contributed by atoms with van der Waals surface area (Å²) < 4.78 is 0. The summed E-state index contributed by atoms with van der Waals surface area (Å²) in [6.07, 6.45) is 3.07. The van der Waals surface area contributed by atoms with Gasteiger partial charge in [0.15, 0.2) is 0 Å². The molecule has 2 aliphatic heterocycles. The predicted molar refractivity (Wildman–Crippen MR) is 107 cm³/mol. The molecule has 2 heterocycles. The summed E-state index contributed by atoms with van der Waals surface area (Å²) in [5, 5.41) is 6.89. The molecule has 4 rings (SSSR count). The lowest BCUT2D eigenvalue weighted by atomic mass is 9.99. The Balaban J connectivity index is 1.52. The molecule has 2 N–H and O–H groups in total. The first kappa shape index (κ1) is 18.0. The lowest BCUT2D eigenvalue weighted by Gasteiger charge is -2.30. The van der Waals surface area contributed by atoms with E-state index in [9.17, 15) is 9.59 Å². The van der Waals surface area contributed by atoms with Crippen molar-refractivity contribution < 1.29 is 9.59 Å². The Hall–Kier alpha value is -2.37. The Kier molecular flexibility index (Phi) is 5.14. The monoisotopic (exact) mass is 383 g/mol. The van der Waals surface area contributed by atoms with Gasteiger partial charge in [0.05, 0.1) is 12.6 Å². The molecule has 1 fully saturated rings. The van der Waals surface area contributed by atoms with Gasteiger partial charge in [-0.15, -0.1) is 0 Å². The SMILES string of the molecule is O=C(Nc1ccc2c(c1)CCC(=O)N2Cc1ccc(Cl)cc1)C1CCCN1. The minimum Gasteiger partial charge on any atom is -0.325 e. The smallest absolute Gasteiger partial charge is 0.241 e. The Labute approximate surface area is 163 Å². The number of anilines is 2. The summed E-state index contributed by atoms with van der Waals surface area (Å²) in [4.78, 5) is 26.6. The number of amides is 2. The summed E-state index contributed by atoms with van der Waals surface area (Å²) >= 11 is 5.95. The number of aryl methyl sites for hydroxylation is 1. The zero-order valence-electron chi connectivity index (χ0n) is 15.0. The maximum Gasteiger partial charge on any atom is 0.241 e. The van der Waals surface area contributed by atoms with Gasteiger partial charge in [-0.2, -0.15) is 0 Å². The summed E-state index contributed by atoms with van der Waals surface area (Å²) in [5.74, 6) is 0.127. The fraction of sp³-hybridized carbons (Fsp3) is 0.333. The van der Waals surface area contributed by atoms with E-state index in [-0.39, 0.29) is 17.9 Å². The molecule has 6 heteroatoms. The van der Waals surface area contributed by atoms with Gasteiger partial charge in [0.1, 0.15) is 0 Å². The van der Waals surface area contributed by atoms with Crippen molar-refractivity contribution in [1.82, 2.24) is 5.32 Å². The molecule has 5 nitrogen and oxygen atoms in total. The van der Waals surface area contributed by atoms with Crippen LogP contribution in [-0.2, 0) is 22.6 Å². The van der Waals surface area contributed by atoms with E-state index in [1.54, 1.807) is 0 Å². The normalized spacial score (nSPS) is 19.1. The number of fused-ring (bicyclic) bond motifs is 1. The number of benzene rings is 2. The van der Waals surface area contributed by atoms with Crippen molar-refractivity contribution in [2.45, 2.75) is 38.3 Å². The van der Waals surface area contributed by atoms with Gasteiger partial charge in [-0.25, -0.2) is 0 Å². The number of hydrogen-bond acceptors (Lipinski definition) is 3. The average molecular weight is 384 g/mol. The van der Waals surface area contributed by atoms with Crippen molar-refractivity contribution >= 4 is 34.8 Å². The van der Waals surface area contributed by atoms with Gasteiger partial charge in [-0.1, -0.05) is 23.7 Å². The second kappa shape index (κ2) is 7.71. The third kappa shape index (κ3) is 3.99. The highest BCUT2D eigenvalue weighted by Gasteiger charge is 2.26. The molecule has 2 aromatic rings. The third-order valence-corrected chi connectivity index (χ3v) is 5.43. The fourth-order valence-electron chi connectivity index (χ4n) is 3.72. The molecule has 0 radical (unpaired) electrons. The highest BCUT2D eigenvalue weighted by Crippen LogP contribution is 2.32. The predicted octanol–water partition coefficient (Wildman–Crippen LogP) is 3.51. The zero-order valence-corrected chi connectivity index (χ0v) is 15.8. The van der Waals surface area contributed by atoms with Gasteiger partial charge >= 0.3 is 0 Å². The standard InChI is InChI=1S/C21H22ClN3O2/c22-16-6-3-14(4-7-16)13-25-19-9-8-17(12-15(19)5-10-20(25)26)24-21(27)18-2-1-11-23-18/h3-4,6-9,12,18,23H,1-2,5,10-11,13H2,(H,24,27). The first-order chi connectivity index (χ1) is 13.1. The van der Waals surface area contributed by atoms with Crippen LogP contribution in [0.1, 0.15) is 30.4 Å². The third-order valence-electron chi connectivity index (χ3n) is 5.18. The van der Waals surface area contributed by atoms with E-state index in [2.05, 4.69) is 10.6 Å². The average Bonchev–Trinajstić information content (AvgIpc) is 3.21. The summed E-state index contributed by atoms with van der Waals surface area (Å²) in [5.41, 5.74) is 3.82. The highest BCUT2D eigenvalue weighted by atomic mass is 35.5. The van der Waals surface area contributed by atoms with Crippen LogP contribution in [0.4, 0.5) is 11.4 Å². The van der Waals surface area contributed by atoms with Gasteiger partial charge in [0, 0.05) is 22.8 Å². The molecule has 2 aliphatic rings. The molecule has 0 aromatic heterocycles. The molecule has 1 unspecified atom stereocenters. The van der Waals surface area contributed by atoms with Crippen LogP contribution in [0.5, 0.6) is 0 Å². The number of nitrogens with one attached hydrogen (secondary N) is 2. The van der Waals surface area contributed by atoms with Crippen molar-refractivity contribution in [1.29, 1.82) is 0 Å². The zero-order chi connectivity index (χ0) is 18.8. The lowest BCUT2D eigenvalue weighted by Crippen LogP contribution is -2.36. The van der Waals surface area contributed by atoms with Crippen molar-refractivity contribution in [3.8, 4) is 0 Å². The minimum absolute atomic E-state index is 0.0114. The summed E-state index contributed by atoms with van der Waals surface area (Å²) in [6, 6.07) is 13.2. The first-order valence-electron chi connectivity index (χ1n) is 9.32. The number of rotatable bonds is 4. The Morgan fingerprint density at radius 1 is 1.19 bits per heavy atom. The molecule has 0 spiro atoms. The van der Waals surface area contributed by atoms with E-state index in [0.717, 1.165) is 41.9 Å². The molecule has 2 aromatic carbocycles. The summed E-state index contributed by atoms with van der Waals surface area (Å²) in [7, 11) is 0. The number of hydrogen-bond donors (Lipinski definition) is 2. The Bertz CT molecular complexity index is 860. The molecule has 140 valence electrons. The molecular formula is C21H22ClN3O2. The van der Waals surface area contributed by atoms with E-state index in [1.807, 2.05) is 47.4 Å². The van der Waals surface area contributed by atoms with E-state index in [1.165, 1.54) is 0 Å². The van der Waals surface area contributed by atoms with E-state index in [4.69, 9.17) is 11.6 Å². The van der Waals surface area contributed by atoms with Crippen LogP contribution < -0.4 is 15.5 Å². The molecule has 0 saturated carbocycles. The molecule has 1 atom stereocenters. The van der Waals surface area contributed by atoms with Crippen LogP contribution in [0.2, 0.25) is 5.02 Å². The Morgan fingerprint density at radius 2 is 2.00 bits per heavy atom. The van der Waals surface area contributed by atoms with Gasteiger partial charge in [-0.05, 0) is 67.3 Å². The highest BCUT2D eigenvalue weighted by molar-refractivity contribution is 6.30. The number of carbonyl (C=O) groups excluding carboxylic acids is 2. The number of halogens is 1. The van der Waals surface area contributed by atoms with Crippen LogP contribution in [0, 0.1) is 0 Å². The molecule has 2 amide bonds. The van der Waals surface area contributed by atoms with Crippen molar-refractivity contribution in [2.75, 3.05) is 16.8 Å². The minimum atomic E-state index is -0.107. The number of carbonyl (C=O) groups is 2. The first-order valence-corrected chi connectivity index (χ1v) is 9.70. The second-order valence-corrected chi connectivity index (χ2v) is 7.52. The van der Waals surface area contributed by atoms with Gasteiger partial charge in [0.2, 0.25) is 11.8 Å². The van der Waals surface area contributed by atoms with Crippen molar-refractivity contribution in [2.24, 2.45) is 0 Å². The molecule has 27 heavy (non-hydrogen) atoms. The van der Waals surface area contributed by atoms with Crippen LogP contribution in [-0.4, -0.2) is 24.4 Å². The van der Waals surface area contributed by atoms with Crippen LogP contribution in [0.3, 0.4) is 0 Å². The molecular weight excluding hydrogens is 362 g/mol. The largest absolute Gasteiger partial charge is 0.325 e. The topological polar surface area (TPSA) is 61.4 Å². The fourth-order valence-corrected chi connectivity index (χ4v) is 3.85. The van der Waals surface area contributed by atoms with E-state index >= 15 is 0 Å². The van der Waals surface area contributed by atoms with Gasteiger partial charge < -0.3 is 15.5 Å². The van der Waals surface area contributed by atoms with Crippen LogP contribution in [0.15, 0.2) is 42.5 Å². The van der Waals surface area contributed by atoms with E-state index in [0.29, 0.717) is 24.4 Å².